The summed E-state index contributed by atoms with van der Waals surface area (Å²) in [5, 5.41) is 9.54. The molecule has 0 unspecified atom stereocenters. The van der Waals surface area contributed by atoms with Crippen molar-refractivity contribution in [2.75, 3.05) is 7.05 Å². The summed E-state index contributed by atoms with van der Waals surface area (Å²) in [6, 6.07) is 2.30. The lowest BCUT2D eigenvalue weighted by Crippen LogP contribution is -2.32. The largest absolute Gasteiger partial charge is 0.504 e. The van der Waals surface area contributed by atoms with Crippen molar-refractivity contribution in [3.05, 3.63) is 18.5 Å². The number of hydrogen-bond acceptors (Lipinski definition) is 3. The van der Waals surface area contributed by atoms with Crippen molar-refractivity contribution in [1.29, 1.82) is 0 Å². The molecule has 4 nitrogen and oxygen atoms in total. The quantitative estimate of drug-likeness (QED) is 0.645. The first kappa shape index (κ1) is 11.9. The molecule has 0 aliphatic heterocycles. The first-order chi connectivity index (χ1) is 8.27. The molecule has 0 radical (unpaired) electrons. The zero-order valence-electron chi connectivity index (χ0n) is 10.2. The van der Waals surface area contributed by atoms with Crippen molar-refractivity contribution >= 4 is 12.0 Å². The molecule has 1 N–H and O–H groups in total. The van der Waals surface area contributed by atoms with Crippen LogP contribution in [0.2, 0.25) is 0 Å². The Labute approximate surface area is 102 Å². The molecule has 1 aliphatic rings. The molecule has 92 valence electrons. The summed E-state index contributed by atoms with van der Waals surface area (Å²) in [7, 11) is 2.05. The fraction of sp³-hybridized carbons (Fsp3) is 0.538. The third kappa shape index (κ3) is 3.19. The van der Waals surface area contributed by atoms with Gasteiger partial charge in [0.25, 0.3) is 0 Å². The number of nitrogens with zero attached hydrogens (tertiary/aromatic N) is 3. The van der Waals surface area contributed by atoms with Crippen molar-refractivity contribution in [2.45, 2.75) is 38.1 Å². The Morgan fingerprint density at radius 1 is 1.41 bits per heavy atom. The van der Waals surface area contributed by atoms with Gasteiger partial charge in [-0.15, -0.1) is 0 Å². The van der Waals surface area contributed by atoms with Crippen LogP contribution in [0.25, 0.3) is 0 Å². The molecule has 1 heterocycles. The fourth-order valence-electron chi connectivity index (χ4n) is 2.22. The van der Waals surface area contributed by atoms with Gasteiger partial charge in [0, 0.05) is 19.3 Å². The van der Waals surface area contributed by atoms with Crippen LogP contribution in [0, 0.1) is 0 Å². The highest BCUT2D eigenvalue weighted by atomic mass is 16.3. The maximum Gasteiger partial charge on any atom is 0.159 e. The van der Waals surface area contributed by atoms with Gasteiger partial charge in [0.05, 0.1) is 12.5 Å². The summed E-state index contributed by atoms with van der Waals surface area (Å²) in [5.41, 5.74) is 0.572. The second kappa shape index (κ2) is 5.66. The van der Waals surface area contributed by atoms with Crippen LogP contribution < -0.4 is 0 Å². The molecule has 0 aromatic carbocycles. The average molecular weight is 233 g/mol. The number of pyridine rings is 1. The van der Waals surface area contributed by atoms with E-state index in [9.17, 15) is 5.11 Å². The summed E-state index contributed by atoms with van der Waals surface area (Å²) in [4.78, 5) is 10.3. The molecule has 0 bridgehead atoms. The third-order valence-electron chi connectivity index (χ3n) is 3.31. The molecular formula is C13H19N3O. The molecule has 2 rings (SSSR count). The first-order valence-electron chi connectivity index (χ1n) is 6.16. The topological polar surface area (TPSA) is 48.7 Å². The zero-order chi connectivity index (χ0) is 12.1. The number of aromatic hydroxyl groups is 1. The zero-order valence-corrected chi connectivity index (χ0v) is 10.2. The van der Waals surface area contributed by atoms with Crippen LogP contribution in [0.1, 0.15) is 32.1 Å². The van der Waals surface area contributed by atoms with Gasteiger partial charge in [-0.25, -0.2) is 4.99 Å². The lowest BCUT2D eigenvalue weighted by molar-refractivity contribution is 0.284. The van der Waals surface area contributed by atoms with Crippen molar-refractivity contribution in [1.82, 2.24) is 9.88 Å². The normalized spacial score (nSPS) is 17.5. The number of rotatable bonds is 3. The molecule has 1 saturated carbocycles. The number of aromatic nitrogens is 1. The highest BCUT2D eigenvalue weighted by Gasteiger charge is 2.15. The van der Waals surface area contributed by atoms with Crippen LogP contribution >= 0.6 is 0 Å². The SMILES string of the molecule is CN(C=Nc1ccncc1O)C1CCCCC1. The fourth-order valence-corrected chi connectivity index (χ4v) is 2.22. The molecule has 0 amide bonds. The minimum Gasteiger partial charge on any atom is -0.504 e. The molecule has 1 aliphatic carbocycles. The lowest BCUT2D eigenvalue weighted by Gasteiger charge is -2.29. The Morgan fingerprint density at radius 3 is 2.88 bits per heavy atom. The van der Waals surface area contributed by atoms with Crippen LogP contribution in [0.15, 0.2) is 23.5 Å². The minimum absolute atomic E-state index is 0.126. The highest BCUT2D eigenvalue weighted by Crippen LogP contribution is 2.24. The maximum atomic E-state index is 9.54. The van der Waals surface area contributed by atoms with E-state index in [4.69, 9.17) is 0 Å². The van der Waals surface area contributed by atoms with Crippen LogP contribution in [-0.2, 0) is 0 Å². The minimum atomic E-state index is 0.126. The first-order valence-corrected chi connectivity index (χ1v) is 6.16. The second-order valence-electron chi connectivity index (χ2n) is 4.57. The van der Waals surface area contributed by atoms with Crippen LogP contribution in [0.3, 0.4) is 0 Å². The predicted molar refractivity (Wildman–Crippen MR) is 68.7 cm³/mol. The van der Waals surface area contributed by atoms with Gasteiger partial charge in [-0.1, -0.05) is 19.3 Å². The van der Waals surface area contributed by atoms with Crippen LogP contribution in [0.4, 0.5) is 5.69 Å². The summed E-state index contributed by atoms with van der Waals surface area (Å²) >= 11 is 0. The molecule has 0 spiro atoms. The van der Waals surface area contributed by atoms with E-state index in [1.54, 1.807) is 12.3 Å². The number of aliphatic imine (C=N–C) groups is 1. The maximum absolute atomic E-state index is 9.54. The molecule has 0 saturated heterocycles. The summed E-state index contributed by atoms with van der Waals surface area (Å²) < 4.78 is 0. The second-order valence-corrected chi connectivity index (χ2v) is 4.57. The van der Waals surface area contributed by atoms with Crippen molar-refractivity contribution in [3.63, 3.8) is 0 Å². The molecule has 1 fully saturated rings. The standard InChI is InChI=1S/C13H19N3O/c1-16(11-5-3-2-4-6-11)10-15-12-7-8-14-9-13(12)17/h7-11,17H,2-6H2,1H3. The van der Waals surface area contributed by atoms with Gasteiger partial charge in [0.15, 0.2) is 5.75 Å². The van der Waals surface area contributed by atoms with Crippen LogP contribution in [0.5, 0.6) is 5.75 Å². The molecule has 1 aromatic heterocycles. The molecule has 17 heavy (non-hydrogen) atoms. The average Bonchev–Trinajstić information content (AvgIpc) is 2.38. The Bertz CT molecular complexity index is 386. The lowest BCUT2D eigenvalue weighted by atomic mass is 9.95. The van der Waals surface area contributed by atoms with E-state index < -0.39 is 0 Å². The van der Waals surface area contributed by atoms with Gasteiger partial charge >= 0.3 is 0 Å². The predicted octanol–water partition coefficient (Wildman–Crippen LogP) is 2.71. The van der Waals surface area contributed by atoms with Crippen molar-refractivity contribution in [3.8, 4) is 5.75 Å². The Balaban J connectivity index is 1.97. The summed E-state index contributed by atoms with van der Waals surface area (Å²) in [6.45, 7) is 0. The van der Waals surface area contributed by atoms with Gasteiger partial charge in [-0.05, 0) is 18.9 Å². The van der Waals surface area contributed by atoms with E-state index >= 15 is 0 Å². The molecule has 4 heteroatoms. The van der Waals surface area contributed by atoms with E-state index in [2.05, 4.69) is 21.9 Å². The highest BCUT2D eigenvalue weighted by molar-refractivity contribution is 5.64. The third-order valence-corrected chi connectivity index (χ3v) is 3.31. The molecular weight excluding hydrogens is 214 g/mol. The van der Waals surface area contributed by atoms with E-state index in [-0.39, 0.29) is 5.75 Å². The van der Waals surface area contributed by atoms with Gasteiger partial charge in [-0.2, -0.15) is 0 Å². The van der Waals surface area contributed by atoms with E-state index in [1.165, 1.54) is 38.3 Å². The van der Waals surface area contributed by atoms with Gasteiger partial charge < -0.3 is 10.0 Å². The Hall–Kier alpha value is -1.58. The van der Waals surface area contributed by atoms with E-state index in [0.29, 0.717) is 11.7 Å². The van der Waals surface area contributed by atoms with E-state index in [0.717, 1.165) is 0 Å². The van der Waals surface area contributed by atoms with Crippen molar-refractivity contribution < 1.29 is 5.11 Å². The van der Waals surface area contributed by atoms with Gasteiger partial charge in [-0.3, -0.25) is 4.98 Å². The van der Waals surface area contributed by atoms with E-state index in [1.807, 2.05) is 6.34 Å². The Morgan fingerprint density at radius 2 is 2.18 bits per heavy atom. The monoisotopic (exact) mass is 233 g/mol. The van der Waals surface area contributed by atoms with Gasteiger partial charge in [0.1, 0.15) is 5.69 Å². The van der Waals surface area contributed by atoms with Crippen LogP contribution in [-0.4, -0.2) is 34.4 Å². The summed E-state index contributed by atoms with van der Waals surface area (Å²) in [6.07, 6.45) is 11.3. The summed E-state index contributed by atoms with van der Waals surface area (Å²) in [5.74, 6) is 0.126. The smallest absolute Gasteiger partial charge is 0.159 e. The molecule has 1 aromatic rings. The van der Waals surface area contributed by atoms with Crippen molar-refractivity contribution in [2.24, 2.45) is 4.99 Å². The molecule has 0 atom stereocenters. The number of hydrogen-bond donors (Lipinski definition) is 1. The van der Waals surface area contributed by atoms with Gasteiger partial charge in [0.2, 0.25) is 0 Å². The Kier molecular flexibility index (Phi) is 3.96.